The normalized spacial score (nSPS) is 9.44. The van der Waals surface area contributed by atoms with Gasteiger partial charge in [0.05, 0.1) is 0 Å². The lowest BCUT2D eigenvalue weighted by Gasteiger charge is -2.00. The monoisotopic (exact) mass is 125 g/mol. The molecule has 9 heavy (non-hydrogen) atoms. The Hall–Kier alpha value is -0.590. The summed E-state index contributed by atoms with van der Waals surface area (Å²) in [4.78, 5) is 0. The Morgan fingerprint density at radius 2 is 1.78 bits per heavy atom. The van der Waals surface area contributed by atoms with Gasteiger partial charge in [0.1, 0.15) is 0 Å². The zero-order valence-electron chi connectivity index (χ0n) is 6.65. The van der Waals surface area contributed by atoms with E-state index in [1.54, 1.807) is 0 Å². The van der Waals surface area contributed by atoms with Crippen LogP contribution >= 0.6 is 0 Å². The van der Waals surface area contributed by atoms with E-state index < -0.39 is 0 Å². The molecule has 0 bridgehead atoms. The summed E-state index contributed by atoms with van der Waals surface area (Å²) in [5, 5.41) is 7.40. The Bertz CT molecular complexity index is 128. The molecule has 0 aromatic heterocycles. The Kier molecular flexibility index (Phi) is 3.21. The summed E-state index contributed by atoms with van der Waals surface area (Å²) in [5.74, 6) is 0.361. The molecule has 52 valence electrons. The summed E-state index contributed by atoms with van der Waals surface area (Å²) in [5.41, 5.74) is 1.92. The first-order chi connectivity index (χ1) is 4.04. The van der Waals surface area contributed by atoms with Crippen LogP contribution in [-0.2, 0) is 0 Å². The predicted octanol–water partition coefficient (Wildman–Crippen LogP) is 2.63. The minimum absolute atomic E-state index is 0.361. The van der Waals surface area contributed by atoms with Crippen molar-refractivity contribution in [3.8, 4) is 0 Å². The van der Waals surface area contributed by atoms with E-state index in [1.807, 2.05) is 33.8 Å². The Morgan fingerprint density at radius 1 is 1.33 bits per heavy atom. The molecule has 0 atom stereocenters. The summed E-state index contributed by atoms with van der Waals surface area (Å²) >= 11 is 0. The van der Waals surface area contributed by atoms with Gasteiger partial charge in [-0.05, 0) is 25.8 Å². The highest BCUT2D eigenvalue weighted by Crippen LogP contribution is 1.99. The van der Waals surface area contributed by atoms with Gasteiger partial charge in [-0.1, -0.05) is 19.4 Å². The van der Waals surface area contributed by atoms with Crippen LogP contribution in [0.4, 0.5) is 0 Å². The molecule has 0 radical (unpaired) electrons. The van der Waals surface area contributed by atoms with Crippen LogP contribution in [0.5, 0.6) is 0 Å². The highest BCUT2D eigenvalue weighted by atomic mass is 14.4. The maximum atomic E-state index is 7.40. The van der Waals surface area contributed by atoms with Crippen molar-refractivity contribution in [3.05, 3.63) is 11.6 Å². The molecule has 0 aromatic rings. The van der Waals surface area contributed by atoms with Crippen LogP contribution in [0.25, 0.3) is 0 Å². The van der Waals surface area contributed by atoms with E-state index in [2.05, 4.69) is 0 Å². The lowest BCUT2D eigenvalue weighted by Crippen LogP contribution is -2.01. The molecule has 0 fully saturated rings. The van der Waals surface area contributed by atoms with Crippen LogP contribution in [0.2, 0.25) is 0 Å². The van der Waals surface area contributed by atoms with E-state index in [0.29, 0.717) is 5.92 Å². The predicted molar refractivity (Wildman–Crippen MR) is 42.0 cm³/mol. The van der Waals surface area contributed by atoms with Crippen molar-refractivity contribution in [1.82, 2.24) is 0 Å². The maximum Gasteiger partial charge on any atom is 0.0338 e. The van der Waals surface area contributed by atoms with Crippen molar-refractivity contribution in [3.63, 3.8) is 0 Å². The molecule has 0 saturated carbocycles. The molecule has 0 unspecified atom stereocenters. The van der Waals surface area contributed by atoms with Gasteiger partial charge in [-0.2, -0.15) is 0 Å². The number of allylic oxidation sites excluding steroid dienone is 2. The molecule has 0 rings (SSSR count). The van der Waals surface area contributed by atoms with E-state index in [1.165, 1.54) is 5.57 Å². The van der Waals surface area contributed by atoms with Gasteiger partial charge in [-0.15, -0.1) is 0 Å². The first-order valence-electron chi connectivity index (χ1n) is 3.27. The number of nitrogens with one attached hydrogen (secondary N) is 1. The van der Waals surface area contributed by atoms with Gasteiger partial charge in [0.2, 0.25) is 0 Å². The molecule has 0 aliphatic heterocycles. The lowest BCUT2D eigenvalue weighted by molar-refractivity contribution is 0.881. The SMILES string of the molecule is CC(C)=CC(=N)C(C)C. The molecular formula is C8H15N. The molecule has 1 N–H and O–H groups in total. The highest BCUT2D eigenvalue weighted by molar-refractivity contribution is 5.94. The molecule has 1 nitrogen and oxygen atoms in total. The molecule has 0 aliphatic rings. The fourth-order valence-electron chi connectivity index (χ4n) is 0.478. The van der Waals surface area contributed by atoms with Gasteiger partial charge in [0, 0.05) is 5.71 Å². The van der Waals surface area contributed by atoms with Crippen molar-refractivity contribution >= 4 is 5.71 Å². The van der Waals surface area contributed by atoms with Crippen LogP contribution in [-0.4, -0.2) is 5.71 Å². The summed E-state index contributed by atoms with van der Waals surface area (Å²) < 4.78 is 0. The second kappa shape index (κ2) is 3.44. The van der Waals surface area contributed by atoms with Gasteiger partial charge in [0.25, 0.3) is 0 Å². The zero-order valence-corrected chi connectivity index (χ0v) is 6.65. The average Bonchev–Trinajstić information content (AvgIpc) is 1.63. The summed E-state index contributed by atoms with van der Waals surface area (Å²) in [7, 11) is 0. The van der Waals surface area contributed by atoms with Gasteiger partial charge in [0.15, 0.2) is 0 Å². The van der Waals surface area contributed by atoms with Crippen molar-refractivity contribution in [2.24, 2.45) is 5.92 Å². The maximum absolute atomic E-state index is 7.40. The molecular weight excluding hydrogens is 110 g/mol. The molecule has 0 aliphatic carbocycles. The quantitative estimate of drug-likeness (QED) is 0.548. The van der Waals surface area contributed by atoms with Crippen LogP contribution in [0.15, 0.2) is 11.6 Å². The molecule has 1 heteroatoms. The third-order valence-electron chi connectivity index (χ3n) is 1.07. The van der Waals surface area contributed by atoms with Gasteiger partial charge in [-0.25, -0.2) is 0 Å². The zero-order chi connectivity index (χ0) is 7.44. The molecule has 0 aromatic carbocycles. The van der Waals surface area contributed by atoms with Crippen molar-refractivity contribution in [1.29, 1.82) is 5.41 Å². The Balaban J connectivity index is 3.93. The third kappa shape index (κ3) is 3.95. The van der Waals surface area contributed by atoms with Crippen LogP contribution < -0.4 is 0 Å². The first kappa shape index (κ1) is 8.41. The molecule has 0 saturated heterocycles. The van der Waals surface area contributed by atoms with E-state index in [9.17, 15) is 0 Å². The summed E-state index contributed by atoms with van der Waals surface area (Å²) in [6.07, 6.45) is 1.91. The largest absolute Gasteiger partial charge is 0.305 e. The topological polar surface area (TPSA) is 23.9 Å². The smallest absolute Gasteiger partial charge is 0.0338 e. The first-order valence-corrected chi connectivity index (χ1v) is 3.27. The Morgan fingerprint density at radius 3 is 1.89 bits per heavy atom. The number of rotatable bonds is 2. The Labute approximate surface area is 57.3 Å². The lowest BCUT2D eigenvalue weighted by atomic mass is 10.1. The fourth-order valence-corrected chi connectivity index (χ4v) is 0.478. The van der Waals surface area contributed by atoms with Gasteiger partial charge in [-0.3, -0.25) is 0 Å². The second-order valence-electron chi connectivity index (χ2n) is 2.83. The minimum Gasteiger partial charge on any atom is -0.305 e. The van der Waals surface area contributed by atoms with Crippen molar-refractivity contribution in [2.75, 3.05) is 0 Å². The van der Waals surface area contributed by atoms with Crippen LogP contribution in [0.3, 0.4) is 0 Å². The molecule has 0 amide bonds. The highest BCUT2D eigenvalue weighted by Gasteiger charge is 1.96. The third-order valence-corrected chi connectivity index (χ3v) is 1.07. The van der Waals surface area contributed by atoms with Gasteiger partial charge >= 0.3 is 0 Å². The average molecular weight is 125 g/mol. The van der Waals surface area contributed by atoms with E-state index in [4.69, 9.17) is 5.41 Å². The van der Waals surface area contributed by atoms with Crippen molar-refractivity contribution in [2.45, 2.75) is 27.7 Å². The molecule has 0 spiro atoms. The van der Waals surface area contributed by atoms with E-state index in [-0.39, 0.29) is 0 Å². The standard InChI is InChI=1S/C8H15N/c1-6(2)5-8(9)7(3)4/h5,7,9H,1-4H3. The van der Waals surface area contributed by atoms with E-state index >= 15 is 0 Å². The number of hydrogen-bond donors (Lipinski definition) is 1. The van der Waals surface area contributed by atoms with Crippen LogP contribution in [0.1, 0.15) is 27.7 Å². The number of hydrogen-bond acceptors (Lipinski definition) is 1. The van der Waals surface area contributed by atoms with E-state index in [0.717, 1.165) is 5.71 Å². The summed E-state index contributed by atoms with van der Waals surface area (Å²) in [6, 6.07) is 0. The van der Waals surface area contributed by atoms with Crippen LogP contribution in [0, 0.1) is 11.3 Å². The minimum atomic E-state index is 0.361. The molecule has 0 heterocycles. The van der Waals surface area contributed by atoms with Gasteiger partial charge < -0.3 is 5.41 Å². The fraction of sp³-hybridized carbons (Fsp3) is 0.625. The van der Waals surface area contributed by atoms with Crippen molar-refractivity contribution < 1.29 is 0 Å². The summed E-state index contributed by atoms with van der Waals surface area (Å²) in [6.45, 7) is 8.08. The second-order valence-corrected chi connectivity index (χ2v) is 2.83.